The summed E-state index contributed by atoms with van der Waals surface area (Å²) in [5.41, 5.74) is 0.457. The van der Waals surface area contributed by atoms with Crippen molar-refractivity contribution in [2.24, 2.45) is 5.92 Å². The monoisotopic (exact) mass is 221 g/mol. The molecule has 0 spiro atoms. The van der Waals surface area contributed by atoms with Gasteiger partial charge >= 0.3 is 0 Å². The van der Waals surface area contributed by atoms with Crippen molar-refractivity contribution in [2.45, 2.75) is 12.8 Å². The molecule has 1 amide bonds. The fourth-order valence-corrected chi connectivity index (χ4v) is 1.49. The molecular formula is C12H15NO3. The predicted molar refractivity (Wildman–Crippen MR) is 59.7 cm³/mol. The number of hydrogen-bond acceptors (Lipinski definition) is 3. The summed E-state index contributed by atoms with van der Waals surface area (Å²) in [4.78, 5) is 11.7. The van der Waals surface area contributed by atoms with Crippen molar-refractivity contribution in [3.8, 4) is 11.5 Å². The molecule has 1 saturated carbocycles. The molecule has 0 heterocycles. The average Bonchev–Trinajstić information content (AvgIpc) is 3.09. The lowest BCUT2D eigenvalue weighted by atomic mass is 10.2. The van der Waals surface area contributed by atoms with Gasteiger partial charge in [0.2, 0.25) is 0 Å². The van der Waals surface area contributed by atoms with Crippen LogP contribution >= 0.6 is 0 Å². The third-order valence-electron chi connectivity index (χ3n) is 2.69. The highest BCUT2D eigenvalue weighted by atomic mass is 16.5. The molecule has 1 aromatic rings. The Kier molecular flexibility index (Phi) is 2.99. The Bertz CT molecular complexity index is 399. The van der Waals surface area contributed by atoms with Crippen molar-refractivity contribution in [3.05, 3.63) is 23.8 Å². The zero-order valence-corrected chi connectivity index (χ0v) is 9.19. The number of rotatable bonds is 4. The van der Waals surface area contributed by atoms with Crippen molar-refractivity contribution < 1.29 is 14.6 Å². The number of methoxy groups -OCH3 is 1. The second-order valence-corrected chi connectivity index (χ2v) is 4.04. The zero-order valence-electron chi connectivity index (χ0n) is 9.19. The van der Waals surface area contributed by atoms with Crippen LogP contribution in [0.25, 0.3) is 0 Å². The van der Waals surface area contributed by atoms with E-state index in [0.717, 1.165) is 6.54 Å². The van der Waals surface area contributed by atoms with E-state index in [9.17, 15) is 9.90 Å². The maximum absolute atomic E-state index is 11.7. The summed E-state index contributed by atoms with van der Waals surface area (Å²) in [6.07, 6.45) is 2.41. The predicted octanol–water partition coefficient (Wildman–Crippen LogP) is 1.54. The van der Waals surface area contributed by atoms with Crippen LogP contribution in [0.5, 0.6) is 11.5 Å². The molecule has 0 saturated heterocycles. The summed E-state index contributed by atoms with van der Waals surface area (Å²) in [6, 6.07) is 4.64. The third kappa shape index (κ3) is 2.45. The van der Waals surface area contributed by atoms with Crippen LogP contribution in [0.15, 0.2) is 18.2 Å². The van der Waals surface area contributed by atoms with Crippen LogP contribution in [0.3, 0.4) is 0 Å². The Morgan fingerprint density at radius 2 is 2.31 bits per heavy atom. The smallest absolute Gasteiger partial charge is 0.251 e. The SMILES string of the molecule is COc1ccc(C(=O)NCC2CC2)cc1O. The normalized spacial score (nSPS) is 14.6. The van der Waals surface area contributed by atoms with E-state index in [2.05, 4.69) is 5.32 Å². The quantitative estimate of drug-likeness (QED) is 0.810. The van der Waals surface area contributed by atoms with E-state index in [4.69, 9.17) is 4.74 Å². The van der Waals surface area contributed by atoms with Gasteiger partial charge < -0.3 is 15.2 Å². The fourth-order valence-electron chi connectivity index (χ4n) is 1.49. The number of ether oxygens (including phenoxy) is 1. The number of amides is 1. The second-order valence-electron chi connectivity index (χ2n) is 4.04. The minimum atomic E-state index is -0.148. The van der Waals surface area contributed by atoms with E-state index in [0.29, 0.717) is 17.2 Å². The number of carbonyl (C=O) groups excluding carboxylic acids is 1. The number of aromatic hydroxyl groups is 1. The summed E-state index contributed by atoms with van der Waals surface area (Å²) >= 11 is 0. The largest absolute Gasteiger partial charge is 0.504 e. The van der Waals surface area contributed by atoms with Gasteiger partial charge in [-0.3, -0.25) is 4.79 Å². The summed E-state index contributed by atoms with van der Waals surface area (Å²) < 4.78 is 4.91. The molecule has 4 heteroatoms. The van der Waals surface area contributed by atoms with Crippen LogP contribution in [0.2, 0.25) is 0 Å². The van der Waals surface area contributed by atoms with Gasteiger partial charge in [-0.2, -0.15) is 0 Å². The van der Waals surface area contributed by atoms with E-state index >= 15 is 0 Å². The molecule has 16 heavy (non-hydrogen) atoms. The van der Waals surface area contributed by atoms with E-state index in [-0.39, 0.29) is 11.7 Å². The first-order chi connectivity index (χ1) is 7.70. The summed E-state index contributed by atoms with van der Waals surface area (Å²) in [7, 11) is 1.47. The Morgan fingerprint density at radius 3 is 2.88 bits per heavy atom. The minimum Gasteiger partial charge on any atom is -0.504 e. The lowest BCUT2D eigenvalue weighted by molar-refractivity contribution is 0.0951. The number of nitrogens with one attached hydrogen (secondary N) is 1. The maximum Gasteiger partial charge on any atom is 0.251 e. The zero-order chi connectivity index (χ0) is 11.5. The lowest BCUT2D eigenvalue weighted by Gasteiger charge is -2.07. The van der Waals surface area contributed by atoms with E-state index in [1.165, 1.54) is 26.0 Å². The molecule has 1 aromatic carbocycles. The van der Waals surface area contributed by atoms with Crippen LogP contribution in [0.4, 0.5) is 0 Å². The minimum absolute atomic E-state index is 0.0124. The molecule has 1 aliphatic rings. The topological polar surface area (TPSA) is 58.6 Å². The van der Waals surface area contributed by atoms with Gasteiger partial charge in [0.25, 0.3) is 5.91 Å². The van der Waals surface area contributed by atoms with Gasteiger partial charge in [0, 0.05) is 12.1 Å². The molecular weight excluding hydrogens is 206 g/mol. The number of phenols is 1. The first-order valence-corrected chi connectivity index (χ1v) is 5.36. The Hall–Kier alpha value is -1.71. The third-order valence-corrected chi connectivity index (χ3v) is 2.69. The van der Waals surface area contributed by atoms with E-state index < -0.39 is 0 Å². The molecule has 0 unspecified atom stereocenters. The van der Waals surface area contributed by atoms with Crippen LogP contribution in [-0.2, 0) is 0 Å². The molecule has 1 fully saturated rings. The highest BCUT2D eigenvalue weighted by Gasteiger charge is 2.22. The number of carbonyl (C=O) groups is 1. The van der Waals surface area contributed by atoms with Crippen molar-refractivity contribution in [1.29, 1.82) is 0 Å². The average molecular weight is 221 g/mol. The molecule has 0 radical (unpaired) electrons. The van der Waals surface area contributed by atoms with Crippen LogP contribution in [0.1, 0.15) is 23.2 Å². The van der Waals surface area contributed by atoms with Gasteiger partial charge in [-0.05, 0) is 37.0 Å². The molecule has 86 valence electrons. The number of hydrogen-bond donors (Lipinski definition) is 2. The lowest BCUT2D eigenvalue weighted by Crippen LogP contribution is -2.25. The van der Waals surface area contributed by atoms with Crippen molar-refractivity contribution >= 4 is 5.91 Å². The van der Waals surface area contributed by atoms with Crippen molar-refractivity contribution in [1.82, 2.24) is 5.32 Å². The fraction of sp³-hybridized carbons (Fsp3) is 0.417. The van der Waals surface area contributed by atoms with Crippen LogP contribution in [0, 0.1) is 5.92 Å². The van der Waals surface area contributed by atoms with Gasteiger partial charge in [0.05, 0.1) is 7.11 Å². The molecule has 0 bridgehead atoms. The van der Waals surface area contributed by atoms with E-state index in [1.54, 1.807) is 12.1 Å². The Labute approximate surface area is 94.2 Å². The molecule has 2 N–H and O–H groups in total. The molecule has 4 nitrogen and oxygen atoms in total. The summed E-state index contributed by atoms with van der Waals surface area (Å²) in [5.74, 6) is 0.862. The summed E-state index contributed by atoms with van der Waals surface area (Å²) in [6.45, 7) is 0.728. The molecule has 0 aliphatic heterocycles. The van der Waals surface area contributed by atoms with Gasteiger partial charge in [0.15, 0.2) is 11.5 Å². The van der Waals surface area contributed by atoms with Gasteiger partial charge in [0.1, 0.15) is 0 Å². The highest BCUT2D eigenvalue weighted by molar-refractivity contribution is 5.94. The number of phenolic OH excluding ortho intramolecular Hbond substituents is 1. The van der Waals surface area contributed by atoms with Crippen molar-refractivity contribution in [2.75, 3.05) is 13.7 Å². The first-order valence-electron chi connectivity index (χ1n) is 5.36. The summed E-state index contributed by atoms with van der Waals surface area (Å²) in [5, 5.41) is 12.4. The standard InChI is InChI=1S/C12H15NO3/c1-16-11-5-4-9(6-10(11)14)12(15)13-7-8-2-3-8/h4-6,8,14H,2-3,7H2,1H3,(H,13,15). The first kappa shape index (κ1) is 10.8. The van der Waals surface area contributed by atoms with Crippen LogP contribution in [-0.4, -0.2) is 24.7 Å². The Morgan fingerprint density at radius 1 is 1.56 bits per heavy atom. The maximum atomic E-state index is 11.7. The Balaban J connectivity index is 2.01. The van der Waals surface area contributed by atoms with Gasteiger partial charge in [-0.1, -0.05) is 0 Å². The second kappa shape index (κ2) is 4.43. The van der Waals surface area contributed by atoms with Crippen molar-refractivity contribution in [3.63, 3.8) is 0 Å². The molecule has 2 rings (SSSR count). The van der Waals surface area contributed by atoms with E-state index in [1.807, 2.05) is 0 Å². The number of benzene rings is 1. The molecule has 0 aromatic heterocycles. The van der Waals surface area contributed by atoms with Gasteiger partial charge in [-0.15, -0.1) is 0 Å². The molecule has 1 aliphatic carbocycles. The highest BCUT2D eigenvalue weighted by Crippen LogP contribution is 2.28. The van der Waals surface area contributed by atoms with Crippen LogP contribution < -0.4 is 10.1 Å². The van der Waals surface area contributed by atoms with Gasteiger partial charge in [-0.25, -0.2) is 0 Å². The molecule has 0 atom stereocenters.